The van der Waals surface area contributed by atoms with E-state index in [0.717, 1.165) is 16.9 Å². The Balaban J connectivity index is 2.04. The van der Waals surface area contributed by atoms with Gasteiger partial charge >= 0.3 is 0 Å². The molecule has 0 aliphatic rings. The van der Waals surface area contributed by atoms with Crippen LogP contribution in [0, 0.1) is 6.92 Å². The van der Waals surface area contributed by atoms with Gasteiger partial charge in [-0.3, -0.25) is 15.6 Å². The lowest BCUT2D eigenvalue weighted by molar-refractivity contribution is 0.0950. The molecular formula is C14H16N4O. The van der Waals surface area contributed by atoms with E-state index in [2.05, 4.69) is 15.7 Å². The summed E-state index contributed by atoms with van der Waals surface area (Å²) in [6, 6.07) is 10.9. The molecule has 4 N–H and O–H groups in total. The number of rotatable bonds is 4. The van der Waals surface area contributed by atoms with Crippen molar-refractivity contribution in [2.45, 2.75) is 13.5 Å². The molecule has 1 heterocycles. The van der Waals surface area contributed by atoms with Crippen LogP contribution < -0.4 is 16.6 Å². The van der Waals surface area contributed by atoms with Gasteiger partial charge in [0.2, 0.25) is 0 Å². The summed E-state index contributed by atoms with van der Waals surface area (Å²) in [5, 5.41) is 2.84. The third-order valence-electron chi connectivity index (χ3n) is 2.79. The van der Waals surface area contributed by atoms with Crippen molar-refractivity contribution in [3.8, 4) is 0 Å². The third kappa shape index (κ3) is 3.29. The minimum atomic E-state index is -0.119. The zero-order valence-corrected chi connectivity index (χ0v) is 10.7. The molecule has 0 atom stereocenters. The molecule has 0 radical (unpaired) electrons. The average molecular weight is 256 g/mol. The summed E-state index contributed by atoms with van der Waals surface area (Å²) < 4.78 is 0. The second-order valence-corrected chi connectivity index (χ2v) is 4.18. The molecule has 2 rings (SSSR count). The van der Waals surface area contributed by atoms with E-state index < -0.39 is 0 Å². The lowest BCUT2D eigenvalue weighted by Crippen LogP contribution is -2.24. The Labute approximate surface area is 111 Å². The van der Waals surface area contributed by atoms with E-state index in [1.54, 1.807) is 18.3 Å². The van der Waals surface area contributed by atoms with Crippen LogP contribution in [0.3, 0.4) is 0 Å². The van der Waals surface area contributed by atoms with Gasteiger partial charge in [0.15, 0.2) is 0 Å². The van der Waals surface area contributed by atoms with Gasteiger partial charge in [-0.1, -0.05) is 6.07 Å². The monoisotopic (exact) mass is 256 g/mol. The van der Waals surface area contributed by atoms with E-state index in [1.165, 1.54) is 0 Å². The molecule has 0 bridgehead atoms. The Morgan fingerprint density at radius 3 is 2.79 bits per heavy atom. The van der Waals surface area contributed by atoms with Gasteiger partial charge in [0.25, 0.3) is 5.91 Å². The maximum Gasteiger partial charge on any atom is 0.251 e. The zero-order valence-electron chi connectivity index (χ0n) is 10.7. The smallest absolute Gasteiger partial charge is 0.251 e. The molecular weight excluding hydrogens is 240 g/mol. The summed E-state index contributed by atoms with van der Waals surface area (Å²) in [7, 11) is 0. The number of benzene rings is 1. The summed E-state index contributed by atoms with van der Waals surface area (Å²) in [5.41, 5.74) is 5.66. The summed E-state index contributed by atoms with van der Waals surface area (Å²) in [5.74, 6) is 5.20. The molecule has 2 aromatic rings. The van der Waals surface area contributed by atoms with Crippen LogP contribution in [0.2, 0.25) is 0 Å². The fourth-order valence-electron chi connectivity index (χ4n) is 1.78. The predicted octanol–water partition coefficient (Wildman–Crippen LogP) is 1.61. The third-order valence-corrected chi connectivity index (χ3v) is 2.79. The van der Waals surface area contributed by atoms with Crippen LogP contribution in [-0.4, -0.2) is 10.9 Å². The van der Waals surface area contributed by atoms with Crippen LogP contribution in [0.4, 0.5) is 5.69 Å². The topological polar surface area (TPSA) is 80.0 Å². The molecule has 0 unspecified atom stereocenters. The number of nitrogens with two attached hydrogens (primary N) is 1. The number of aromatic nitrogens is 1. The molecule has 0 aliphatic heterocycles. The first kappa shape index (κ1) is 13.0. The quantitative estimate of drug-likeness (QED) is 0.573. The molecule has 0 saturated carbocycles. The molecule has 0 fully saturated rings. The molecule has 98 valence electrons. The van der Waals surface area contributed by atoms with Crippen molar-refractivity contribution in [3.05, 3.63) is 59.4 Å². The van der Waals surface area contributed by atoms with Crippen molar-refractivity contribution >= 4 is 11.6 Å². The Kier molecular flexibility index (Phi) is 4.10. The number of hydrogen-bond donors (Lipinski definition) is 3. The van der Waals surface area contributed by atoms with Crippen molar-refractivity contribution in [2.75, 3.05) is 5.43 Å². The standard InChI is InChI=1S/C14H16N4O/c1-10-8-11(18-15)5-6-13(10)14(19)17-9-12-4-2-3-7-16-12/h2-8,18H,9,15H2,1H3,(H,17,19). The van der Waals surface area contributed by atoms with Crippen LogP contribution >= 0.6 is 0 Å². The number of nitrogens with zero attached hydrogens (tertiary/aromatic N) is 1. The number of anilines is 1. The normalized spacial score (nSPS) is 10.0. The van der Waals surface area contributed by atoms with Crippen LogP contribution in [0.1, 0.15) is 21.6 Å². The second-order valence-electron chi connectivity index (χ2n) is 4.18. The number of pyridine rings is 1. The number of hydrogen-bond acceptors (Lipinski definition) is 4. The van der Waals surface area contributed by atoms with Crippen LogP contribution in [0.15, 0.2) is 42.6 Å². The van der Waals surface area contributed by atoms with Crippen LogP contribution in [0.25, 0.3) is 0 Å². The van der Waals surface area contributed by atoms with E-state index in [-0.39, 0.29) is 5.91 Å². The van der Waals surface area contributed by atoms with Crippen LogP contribution in [-0.2, 0) is 6.54 Å². The molecule has 0 saturated heterocycles. The molecule has 19 heavy (non-hydrogen) atoms. The summed E-state index contributed by atoms with van der Waals surface area (Å²) in [6.45, 7) is 2.28. The molecule has 0 spiro atoms. The number of hydrazine groups is 1. The minimum absolute atomic E-state index is 0.119. The predicted molar refractivity (Wildman–Crippen MR) is 74.4 cm³/mol. The van der Waals surface area contributed by atoms with Gasteiger partial charge in [-0.25, -0.2) is 0 Å². The number of amides is 1. The van der Waals surface area contributed by atoms with Crippen molar-refractivity contribution in [1.82, 2.24) is 10.3 Å². The summed E-state index contributed by atoms with van der Waals surface area (Å²) in [6.07, 6.45) is 1.70. The van der Waals surface area contributed by atoms with Crippen LogP contribution in [0.5, 0.6) is 0 Å². The molecule has 1 aromatic carbocycles. The number of aryl methyl sites for hydroxylation is 1. The number of carbonyl (C=O) groups is 1. The van der Waals surface area contributed by atoms with Gasteiger partial charge in [-0.2, -0.15) is 0 Å². The Hall–Kier alpha value is -2.40. The fraction of sp³-hybridized carbons (Fsp3) is 0.143. The van der Waals surface area contributed by atoms with E-state index >= 15 is 0 Å². The van der Waals surface area contributed by atoms with Gasteiger partial charge in [0.1, 0.15) is 0 Å². The van der Waals surface area contributed by atoms with Crippen molar-refractivity contribution < 1.29 is 4.79 Å². The highest BCUT2D eigenvalue weighted by molar-refractivity contribution is 5.96. The SMILES string of the molecule is Cc1cc(NN)ccc1C(=O)NCc1ccccn1. The lowest BCUT2D eigenvalue weighted by Gasteiger charge is -2.09. The van der Waals surface area contributed by atoms with Crippen molar-refractivity contribution in [1.29, 1.82) is 0 Å². The van der Waals surface area contributed by atoms with E-state index in [1.807, 2.05) is 31.2 Å². The summed E-state index contributed by atoms with van der Waals surface area (Å²) >= 11 is 0. The highest BCUT2D eigenvalue weighted by Crippen LogP contribution is 2.14. The average Bonchev–Trinajstić information content (AvgIpc) is 2.45. The fourth-order valence-corrected chi connectivity index (χ4v) is 1.78. The second kappa shape index (κ2) is 5.97. The van der Waals surface area contributed by atoms with Gasteiger partial charge in [0.05, 0.1) is 12.2 Å². The van der Waals surface area contributed by atoms with Gasteiger partial charge < -0.3 is 10.7 Å². The molecule has 5 nitrogen and oxygen atoms in total. The number of carbonyl (C=O) groups excluding carboxylic acids is 1. The van der Waals surface area contributed by atoms with E-state index in [4.69, 9.17) is 5.84 Å². The Morgan fingerprint density at radius 1 is 1.32 bits per heavy atom. The van der Waals surface area contributed by atoms with Gasteiger partial charge in [0, 0.05) is 17.4 Å². The Morgan fingerprint density at radius 2 is 2.16 bits per heavy atom. The highest BCUT2D eigenvalue weighted by Gasteiger charge is 2.09. The van der Waals surface area contributed by atoms with E-state index in [9.17, 15) is 4.79 Å². The Bertz CT molecular complexity index is 569. The van der Waals surface area contributed by atoms with Gasteiger partial charge in [-0.15, -0.1) is 0 Å². The molecule has 1 amide bonds. The largest absolute Gasteiger partial charge is 0.346 e. The first-order valence-electron chi connectivity index (χ1n) is 5.96. The highest BCUT2D eigenvalue weighted by atomic mass is 16.1. The summed E-state index contributed by atoms with van der Waals surface area (Å²) in [4.78, 5) is 16.2. The molecule has 0 aliphatic carbocycles. The molecule has 1 aromatic heterocycles. The number of nitrogen functional groups attached to an aromatic ring is 1. The van der Waals surface area contributed by atoms with Crippen molar-refractivity contribution in [3.63, 3.8) is 0 Å². The van der Waals surface area contributed by atoms with E-state index in [0.29, 0.717) is 12.1 Å². The maximum absolute atomic E-state index is 12.0. The first-order chi connectivity index (χ1) is 9.20. The zero-order chi connectivity index (χ0) is 13.7. The first-order valence-corrected chi connectivity index (χ1v) is 5.96. The maximum atomic E-state index is 12.0. The molecule has 5 heteroatoms. The van der Waals surface area contributed by atoms with Gasteiger partial charge in [-0.05, 0) is 42.8 Å². The van der Waals surface area contributed by atoms with Crippen molar-refractivity contribution in [2.24, 2.45) is 5.84 Å². The number of nitrogens with one attached hydrogen (secondary N) is 2. The minimum Gasteiger partial charge on any atom is -0.346 e. The lowest BCUT2D eigenvalue weighted by atomic mass is 10.1.